The maximum atomic E-state index is 13.9. The van der Waals surface area contributed by atoms with Crippen LogP contribution in [-0.4, -0.2) is 25.9 Å². The van der Waals surface area contributed by atoms with Crippen LogP contribution < -0.4 is 9.21 Å². The number of hydrogen-bond acceptors (Lipinski definition) is 5. The van der Waals surface area contributed by atoms with Crippen molar-refractivity contribution in [3.63, 3.8) is 0 Å². The molecule has 0 aliphatic carbocycles. The highest BCUT2D eigenvalue weighted by Crippen LogP contribution is 2.35. The van der Waals surface area contributed by atoms with Crippen LogP contribution in [0.4, 0.5) is 10.8 Å². The van der Waals surface area contributed by atoms with E-state index in [9.17, 15) is 13.2 Å². The van der Waals surface area contributed by atoms with Crippen molar-refractivity contribution in [1.29, 1.82) is 0 Å². The summed E-state index contributed by atoms with van der Waals surface area (Å²) in [5, 5.41) is 1.16. The molecule has 0 spiro atoms. The molecule has 0 bridgehead atoms. The smallest absolute Gasteiger partial charge is 0.264 e. The zero-order valence-corrected chi connectivity index (χ0v) is 23.8. The number of amides is 1. The lowest BCUT2D eigenvalue weighted by Gasteiger charge is -2.23. The molecule has 0 aliphatic heterocycles. The molecular weight excluding hydrogens is 550 g/mol. The average molecular weight is 576 g/mol. The number of anilines is 2. The SMILES string of the molecule is CCN(c1ccccc1)S(=O)(=O)c1ccc(C(=O)N(Cc2ccccc2)c2nc3c(C)c(Cl)ccc3s2)cc1. The molecule has 0 saturated heterocycles. The van der Waals surface area contributed by atoms with Gasteiger partial charge in [0.25, 0.3) is 15.9 Å². The number of benzene rings is 4. The summed E-state index contributed by atoms with van der Waals surface area (Å²) < 4.78 is 29.1. The number of carbonyl (C=O) groups is 1. The minimum Gasteiger partial charge on any atom is -0.279 e. The standard InChI is InChI=1S/C30H26ClN3O3S2/c1-3-34(24-12-8-5-9-13-24)39(36,37)25-16-14-23(15-17-25)29(35)33(20-22-10-6-4-7-11-22)30-32-28-21(2)26(31)18-19-27(28)38-30/h4-19H,3,20H2,1-2H3. The van der Waals surface area contributed by atoms with Crippen molar-refractivity contribution in [2.75, 3.05) is 15.7 Å². The monoisotopic (exact) mass is 575 g/mol. The lowest BCUT2D eigenvalue weighted by Crippen LogP contribution is -2.31. The van der Waals surface area contributed by atoms with Gasteiger partial charge in [-0.1, -0.05) is 71.5 Å². The fraction of sp³-hybridized carbons (Fsp3) is 0.133. The van der Waals surface area contributed by atoms with E-state index in [0.717, 1.165) is 21.3 Å². The van der Waals surface area contributed by atoms with Gasteiger partial charge in [-0.25, -0.2) is 13.4 Å². The van der Waals surface area contributed by atoms with Crippen LogP contribution in [0.1, 0.15) is 28.4 Å². The lowest BCUT2D eigenvalue weighted by molar-refractivity contribution is 0.0985. The average Bonchev–Trinajstić information content (AvgIpc) is 3.40. The number of aryl methyl sites for hydroxylation is 1. The van der Waals surface area contributed by atoms with Crippen LogP contribution in [0.3, 0.4) is 0 Å². The zero-order valence-electron chi connectivity index (χ0n) is 21.4. The van der Waals surface area contributed by atoms with E-state index in [2.05, 4.69) is 0 Å². The summed E-state index contributed by atoms with van der Waals surface area (Å²) >= 11 is 7.73. The van der Waals surface area contributed by atoms with Crippen LogP contribution in [0.15, 0.2) is 102 Å². The molecule has 0 fully saturated rings. The number of sulfonamides is 1. The summed E-state index contributed by atoms with van der Waals surface area (Å²) in [6, 6.07) is 28.4. The molecule has 0 unspecified atom stereocenters. The second kappa shape index (κ2) is 11.2. The van der Waals surface area contributed by atoms with Crippen LogP contribution >= 0.6 is 22.9 Å². The van der Waals surface area contributed by atoms with Gasteiger partial charge in [-0.05, 0) is 73.5 Å². The molecule has 9 heteroatoms. The molecule has 1 aromatic heterocycles. The van der Waals surface area contributed by atoms with Crippen molar-refractivity contribution in [2.24, 2.45) is 0 Å². The maximum absolute atomic E-state index is 13.9. The van der Waals surface area contributed by atoms with Crippen LogP contribution in [0.25, 0.3) is 10.2 Å². The highest BCUT2D eigenvalue weighted by Gasteiger charge is 2.26. The second-order valence-corrected chi connectivity index (χ2v) is 12.2. The zero-order chi connectivity index (χ0) is 27.6. The summed E-state index contributed by atoms with van der Waals surface area (Å²) in [6.45, 7) is 4.28. The fourth-order valence-electron chi connectivity index (χ4n) is 4.33. The van der Waals surface area contributed by atoms with Crippen molar-refractivity contribution < 1.29 is 13.2 Å². The van der Waals surface area contributed by atoms with Crippen LogP contribution in [-0.2, 0) is 16.6 Å². The van der Waals surface area contributed by atoms with E-state index >= 15 is 0 Å². The first-order valence-corrected chi connectivity index (χ1v) is 15.0. The lowest BCUT2D eigenvalue weighted by atomic mass is 10.1. The van der Waals surface area contributed by atoms with E-state index in [-0.39, 0.29) is 17.3 Å². The molecule has 0 N–H and O–H groups in total. The number of fused-ring (bicyclic) bond motifs is 1. The van der Waals surface area contributed by atoms with E-state index in [1.807, 2.05) is 55.5 Å². The van der Waals surface area contributed by atoms with E-state index in [4.69, 9.17) is 16.6 Å². The largest absolute Gasteiger partial charge is 0.279 e. The number of hydrogen-bond donors (Lipinski definition) is 0. The number of carbonyl (C=O) groups excluding carboxylic acids is 1. The first kappa shape index (κ1) is 26.9. The Kier molecular flexibility index (Phi) is 7.70. The van der Waals surface area contributed by atoms with Crippen molar-refractivity contribution >= 4 is 59.9 Å². The van der Waals surface area contributed by atoms with Crippen LogP contribution in [0.2, 0.25) is 5.02 Å². The van der Waals surface area contributed by atoms with Crippen molar-refractivity contribution in [3.8, 4) is 0 Å². The summed E-state index contributed by atoms with van der Waals surface area (Å²) in [6.07, 6.45) is 0. The highest BCUT2D eigenvalue weighted by atomic mass is 35.5. The molecule has 1 amide bonds. The molecule has 0 saturated carbocycles. The van der Waals surface area contributed by atoms with E-state index in [1.54, 1.807) is 48.2 Å². The quantitative estimate of drug-likeness (QED) is 0.194. The summed E-state index contributed by atoms with van der Waals surface area (Å²) in [4.78, 5) is 20.4. The molecular formula is C30H26ClN3O3S2. The highest BCUT2D eigenvalue weighted by molar-refractivity contribution is 7.92. The minimum absolute atomic E-state index is 0.115. The Morgan fingerprint density at radius 2 is 1.54 bits per heavy atom. The van der Waals surface area contributed by atoms with Gasteiger partial charge in [0.15, 0.2) is 5.13 Å². The third-order valence-electron chi connectivity index (χ3n) is 6.42. The second-order valence-electron chi connectivity index (χ2n) is 8.92. The molecule has 5 aromatic rings. The molecule has 1 heterocycles. The van der Waals surface area contributed by atoms with Crippen molar-refractivity contribution in [2.45, 2.75) is 25.3 Å². The van der Waals surface area contributed by atoms with Gasteiger partial charge in [-0.3, -0.25) is 14.0 Å². The number of rotatable bonds is 8. The number of nitrogens with zero attached hydrogens (tertiary/aromatic N) is 3. The van der Waals surface area contributed by atoms with Crippen molar-refractivity contribution in [3.05, 3.63) is 119 Å². The Morgan fingerprint density at radius 1 is 0.897 bits per heavy atom. The number of halogens is 1. The molecule has 0 radical (unpaired) electrons. The van der Waals surface area contributed by atoms with Crippen LogP contribution in [0, 0.1) is 6.92 Å². The normalized spacial score (nSPS) is 11.5. The first-order valence-electron chi connectivity index (χ1n) is 12.4. The molecule has 0 aliphatic rings. The van der Waals surface area contributed by atoms with Crippen molar-refractivity contribution in [1.82, 2.24) is 4.98 Å². The molecule has 6 nitrogen and oxygen atoms in total. The van der Waals surface area contributed by atoms with E-state index in [1.165, 1.54) is 27.8 Å². The van der Waals surface area contributed by atoms with Gasteiger partial charge >= 0.3 is 0 Å². The summed E-state index contributed by atoms with van der Waals surface area (Å²) in [5.74, 6) is -0.277. The Labute approximate surface area is 237 Å². The van der Waals surface area contributed by atoms with E-state index in [0.29, 0.717) is 27.9 Å². The first-order chi connectivity index (χ1) is 18.8. The Hall–Kier alpha value is -3.72. The summed E-state index contributed by atoms with van der Waals surface area (Å²) in [5.41, 5.74) is 3.51. The maximum Gasteiger partial charge on any atom is 0.264 e. The molecule has 4 aromatic carbocycles. The predicted molar refractivity (Wildman–Crippen MR) is 159 cm³/mol. The third-order valence-corrected chi connectivity index (χ3v) is 9.79. The van der Waals surface area contributed by atoms with Gasteiger partial charge in [-0.2, -0.15) is 0 Å². The van der Waals surface area contributed by atoms with E-state index < -0.39 is 10.0 Å². The molecule has 0 atom stereocenters. The Balaban J connectivity index is 1.50. The van der Waals surface area contributed by atoms with Gasteiger partial charge in [0.1, 0.15) is 0 Å². The number of aromatic nitrogens is 1. The molecule has 5 rings (SSSR count). The fourth-order valence-corrected chi connectivity index (χ4v) is 6.98. The van der Waals surface area contributed by atoms with Gasteiger partial charge in [0.05, 0.1) is 27.3 Å². The van der Waals surface area contributed by atoms with Gasteiger partial charge < -0.3 is 0 Å². The summed E-state index contributed by atoms with van der Waals surface area (Å²) in [7, 11) is -3.81. The third kappa shape index (κ3) is 5.41. The predicted octanol–water partition coefficient (Wildman–Crippen LogP) is 7.32. The van der Waals surface area contributed by atoms with Gasteiger partial charge in [0.2, 0.25) is 0 Å². The Bertz CT molecular complexity index is 1720. The molecule has 198 valence electrons. The molecule has 39 heavy (non-hydrogen) atoms. The minimum atomic E-state index is -3.81. The van der Waals surface area contributed by atoms with Gasteiger partial charge in [-0.15, -0.1) is 0 Å². The Morgan fingerprint density at radius 3 is 2.18 bits per heavy atom. The number of para-hydroxylation sites is 1. The topological polar surface area (TPSA) is 70.6 Å². The van der Waals surface area contributed by atoms with Crippen LogP contribution in [0.5, 0.6) is 0 Å². The van der Waals surface area contributed by atoms with Gasteiger partial charge in [0, 0.05) is 17.1 Å². The number of thiazole rings is 1.